The number of hydrogen-bond acceptors (Lipinski definition) is 3. The molecule has 21 heavy (non-hydrogen) atoms. The minimum atomic E-state index is 0. The molecule has 0 saturated carbocycles. The number of rotatable bonds is 8. The molecule has 0 unspecified atom stereocenters. The number of nitrogens with zero attached hydrogens (tertiary/aromatic N) is 1. The number of halogens is 1. The maximum absolute atomic E-state index is 5.75. The lowest BCUT2D eigenvalue weighted by Gasteiger charge is -2.09. The van der Waals surface area contributed by atoms with Gasteiger partial charge in [-0.25, -0.2) is 0 Å². The van der Waals surface area contributed by atoms with Gasteiger partial charge < -0.3 is 20.5 Å². The van der Waals surface area contributed by atoms with Crippen molar-refractivity contribution in [2.75, 3.05) is 26.8 Å². The third kappa shape index (κ3) is 9.38. The van der Waals surface area contributed by atoms with Gasteiger partial charge in [0.25, 0.3) is 0 Å². The van der Waals surface area contributed by atoms with Crippen LogP contribution in [0, 0.1) is 5.92 Å². The smallest absolute Gasteiger partial charge is 0.188 e. The summed E-state index contributed by atoms with van der Waals surface area (Å²) in [4.78, 5) is 4.24. The Balaban J connectivity index is 0.00000400. The number of benzene rings is 1. The predicted octanol–water partition coefficient (Wildman–Crippen LogP) is 2.64. The highest BCUT2D eigenvalue weighted by atomic mass is 127. The second-order valence-electron chi connectivity index (χ2n) is 4.90. The van der Waals surface area contributed by atoms with Gasteiger partial charge in [-0.1, -0.05) is 19.9 Å². The van der Waals surface area contributed by atoms with Gasteiger partial charge in [-0.05, 0) is 24.5 Å². The fourth-order valence-corrected chi connectivity index (χ4v) is 1.54. The Morgan fingerprint density at radius 2 is 2.05 bits per heavy atom. The van der Waals surface area contributed by atoms with Gasteiger partial charge in [-0.2, -0.15) is 0 Å². The van der Waals surface area contributed by atoms with Crippen LogP contribution in [0.5, 0.6) is 11.5 Å². The van der Waals surface area contributed by atoms with Crippen molar-refractivity contribution in [3.8, 4) is 11.5 Å². The Labute approximate surface area is 144 Å². The zero-order valence-electron chi connectivity index (χ0n) is 13.0. The van der Waals surface area contributed by atoms with E-state index in [0.717, 1.165) is 24.5 Å². The van der Waals surface area contributed by atoms with Gasteiger partial charge in [0.2, 0.25) is 0 Å². The average Bonchev–Trinajstić information content (AvgIpc) is 2.43. The van der Waals surface area contributed by atoms with Gasteiger partial charge in [-0.15, -0.1) is 24.0 Å². The molecule has 1 aromatic carbocycles. The first-order valence-corrected chi connectivity index (χ1v) is 6.92. The molecule has 0 aromatic heterocycles. The van der Waals surface area contributed by atoms with E-state index < -0.39 is 0 Å². The van der Waals surface area contributed by atoms with Crippen LogP contribution < -0.4 is 20.5 Å². The molecule has 0 heterocycles. The molecule has 0 spiro atoms. The van der Waals surface area contributed by atoms with Crippen molar-refractivity contribution >= 4 is 29.9 Å². The van der Waals surface area contributed by atoms with E-state index in [1.807, 2.05) is 24.3 Å². The zero-order valence-corrected chi connectivity index (χ0v) is 15.3. The number of methoxy groups -OCH3 is 1. The van der Waals surface area contributed by atoms with E-state index in [9.17, 15) is 0 Å². The predicted molar refractivity (Wildman–Crippen MR) is 97.9 cm³/mol. The lowest BCUT2D eigenvalue weighted by molar-refractivity contribution is 0.319. The number of aliphatic imine (C=N–C) groups is 1. The fraction of sp³-hybridized carbons (Fsp3) is 0.533. The first kappa shape index (κ1) is 19.8. The van der Waals surface area contributed by atoms with Gasteiger partial charge in [-0.3, -0.25) is 4.99 Å². The molecule has 0 radical (unpaired) electrons. The molecule has 0 aliphatic carbocycles. The van der Waals surface area contributed by atoms with Crippen LogP contribution in [-0.2, 0) is 0 Å². The highest BCUT2D eigenvalue weighted by Gasteiger charge is 1.97. The fourth-order valence-electron chi connectivity index (χ4n) is 1.54. The molecule has 3 N–H and O–H groups in total. The number of ether oxygens (including phenoxy) is 2. The van der Waals surface area contributed by atoms with E-state index in [1.54, 1.807) is 7.11 Å². The Morgan fingerprint density at radius 3 is 2.71 bits per heavy atom. The molecule has 1 rings (SSSR count). The summed E-state index contributed by atoms with van der Waals surface area (Å²) in [5.74, 6) is 2.68. The van der Waals surface area contributed by atoms with Crippen LogP contribution in [0.1, 0.15) is 20.3 Å². The van der Waals surface area contributed by atoms with E-state index in [2.05, 4.69) is 24.2 Å². The molecule has 1 aromatic rings. The molecule has 5 nitrogen and oxygen atoms in total. The van der Waals surface area contributed by atoms with Crippen LogP contribution in [0.25, 0.3) is 0 Å². The summed E-state index contributed by atoms with van der Waals surface area (Å²) in [6.07, 6.45) is 1.04. The Hall–Kier alpha value is -1.18. The molecule has 0 bridgehead atoms. The van der Waals surface area contributed by atoms with Crippen molar-refractivity contribution in [2.24, 2.45) is 16.6 Å². The van der Waals surface area contributed by atoms with Gasteiger partial charge >= 0.3 is 0 Å². The van der Waals surface area contributed by atoms with Crippen LogP contribution in [0.3, 0.4) is 0 Å². The third-order valence-corrected chi connectivity index (χ3v) is 2.71. The molecule has 6 heteroatoms. The van der Waals surface area contributed by atoms with Crippen LogP contribution in [0.2, 0.25) is 0 Å². The topological polar surface area (TPSA) is 68.9 Å². The van der Waals surface area contributed by atoms with Crippen LogP contribution >= 0.6 is 24.0 Å². The van der Waals surface area contributed by atoms with Crippen molar-refractivity contribution in [1.82, 2.24) is 5.32 Å². The number of guanidine groups is 1. The van der Waals surface area contributed by atoms with E-state index in [1.165, 1.54) is 0 Å². The summed E-state index contributed by atoms with van der Waals surface area (Å²) < 4.78 is 10.7. The van der Waals surface area contributed by atoms with Crippen molar-refractivity contribution in [2.45, 2.75) is 20.3 Å². The SMILES string of the molecule is COc1cccc(OCCNC(N)=NCCC(C)C)c1.I. The minimum absolute atomic E-state index is 0. The van der Waals surface area contributed by atoms with E-state index in [-0.39, 0.29) is 24.0 Å². The standard InChI is InChI=1S/C15H25N3O2.HI/c1-12(2)7-8-17-15(16)18-9-10-20-14-6-4-5-13(11-14)19-3;/h4-6,11-12H,7-10H2,1-3H3,(H3,16,17,18);1H. The quantitative estimate of drug-likeness (QED) is 0.301. The normalized spacial score (nSPS) is 11.0. The Morgan fingerprint density at radius 1 is 1.33 bits per heavy atom. The van der Waals surface area contributed by atoms with Gasteiger partial charge in [0.15, 0.2) is 5.96 Å². The lowest BCUT2D eigenvalue weighted by atomic mass is 10.1. The molecule has 0 atom stereocenters. The van der Waals surface area contributed by atoms with Gasteiger partial charge in [0, 0.05) is 12.6 Å². The summed E-state index contributed by atoms with van der Waals surface area (Å²) in [6, 6.07) is 7.51. The second kappa shape index (κ2) is 11.5. The summed E-state index contributed by atoms with van der Waals surface area (Å²) in [7, 11) is 1.63. The zero-order chi connectivity index (χ0) is 14.8. The van der Waals surface area contributed by atoms with Gasteiger partial charge in [0.05, 0.1) is 13.7 Å². The maximum atomic E-state index is 5.75. The summed E-state index contributed by atoms with van der Waals surface area (Å²) >= 11 is 0. The van der Waals surface area contributed by atoms with Crippen molar-refractivity contribution in [1.29, 1.82) is 0 Å². The molecule has 0 saturated heterocycles. The lowest BCUT2D eigenvalue weighted by Crippen LogP contribution is -2.34. The van der Waals surface area contributed by atoms with Gasteiger partial charge in [0.1, 0.15) is 18.1 Å². The minimum Gasteiger partial charge on any atom is -0.497 e. The highest BCUT2D eigenvalue weighted by molar-refractivity contribution is 14.0. The Bertz CT molecular complexity index is 425. The molecular formula is C15H26IN3O2. The summed E-state index contributed by atoms with van der Waals surface area (Å²) in [5.41, 5.74) is 5.75. The number of hydrogen-bond donors (Lipinski definition) is 2. The molecule has 120 valence electrons. The molecule has 0 fully saturated rings. The average molecular weight is 407 g/mol. The number of nitrogens with one attached hydrogen (secondary N) is 1. The van der Waals surface area contributed by atoms with Crippen molar-refractivity contribution < 1.29 is 9.47 Å². The van der Waals surface area contributed by atoms with Crippen LogP contribution in [0.4, 0.5) is 0 Å². The van der Waals surface area contributed by atoms with Crippen molar-refractivity contribution in [3.05, 3.63) is 24.3 Å². The van der Waals surface area contributed by atoms with E-state index in [0.29, 0.717) is 25.0 Å². The highest BCUT2D eigenvalue weighted by Crippen LogP contribution is 2.18. The second-order valence-corrected chi connectivity index (χ2v) is 4.90. The first-order valence-electron chi connectivity index (χ1n) is 6.92. The Kier molecular flexibility index (Phi) is 10.8. The van der Waals surface area contributed by atoms with E-state index >= 15 is 0 Å². The van der Waals surface area contributed by atoms with Crippen LogP contribution in [-0.4, -0.2) is 32.8 Å². The number of nitrogens with two attached hydrogens (primary N) is 1. The molecule has 0 amide bonds. The van der Waals surface area contributed by atoms with Crippen LogP contribution in [0.15, 0.2) is 29.3 Å². The first-order chi connectivity index (χ1) is 9.61. The van der Waals surface area contributed by atoms with Crippen molar-refractivity contribution in [3.63, 3.8) is 0 Å². The largest absolute Gasteiger partial charge is 0.497 e. The summed E-state index contributed by atoms with van der Waals surface area (Å²) in [5, 5.41) is 3.03. The molecule has 0 aliphatic heterocycles. The monoisotopic (exact) mass is 407 g/mol. The summed E-state index contributed by atoms with van der Waals surface area (Å²) in [6.45, 7) is 6.23. The third-order valence-electron chi connectivity index (χ3n) is 2.71. The molecular weight excluding hydrogens is 381 g/mol. The molecule has 0 aliphatic rings. The maximum Gasteiger partial charge on any atom is 0.188 e. The van der Waals surface area contributed by atoms with E-state index in [4.69, 9.17) is 15.2 Å².